The normalized spacial score (nSPS) is 12.9. The van der Waals surface area contributed by atoms with Gasteiger partial charge < -0.3 is 26.9 Å². The van der Waals surface area contributed by atoms with Crippen LogP contribution in [0.4, 0.5) is 0 Å². The van der Waals surface area contributed by atoms with Gasteiger partial charge in [-0.05, 0) is 25.7 Å². The maximum atomic E-state index is 12.2. The Morgan fingerprint density at radius 2 is 1.48 bits per heavy atom. The Labute approximate surface area is 137 Å². The second-order valence-electron chi connectivity index (χ2n) is 5.72. The summed E-state index contributed by atoms with van der Waals surface area (Å²) in [4.78, 5) is 23.4. The lowest BCUT2D eigenvalue weighted by atomic mass is 9.88. The Morgan fingerprint density at radius 3 is 1.91 bits per heavy atom. The first kappa shape index (κ1) is 20.9. The summed E-state index contributed by atoms with van der Waals surface area (Å²) >= 11 is 0. The number of ketones is 1. The maximum absolute atomic E-state index is 12.2. The summed E-state index contributed by atoms with van der Waals surface area (Å²) in [5.41, 5.74) is 10.4. The average molecular weight is 326 g/mol. The lowest BCUT2D eigenvalue weighted by Crippen LogP contribution is -2.31. The monoisotopic (exact) mass is 326 g/mol. The molecule has 0 aromatic rings. The molecule has 0 aliphatic heterocycles. The molecule has 0 bridgehead atoms. The summed E-state index contributed by atoms with van der Waals surface area (Å²) in [6.07, 6.45) is 5.20. The molecule has 132 valence electrons. The third-order valence-corrected chi connectivity index (χ3v) is 3.65. The molecule has 2 atom stereocenters. The molecule has 23 heavy (non-hydrogen) atoms. The summed E-state index contributed by atoms with van der Waals surface area (Å²) in [7, 11) is 0. The third kappa shape index (κ3) is 11.1. The highest BCUT2D eigenvalue weighted by Gasteiger charge is 2.22. The molecule has 0 saturated carbocycles. The predicted octanol–water partition coefficient (Wildman–Crippen LogP) is 0.313. The van der Waals surface area contributed by atoms with Gasteiger partial charge in [0.1, 0.15) is 12.1 Å². The Hall–Kier alpha value is -2.12. The van der Waals surface area contributed by atoms with Gasteiger partial charge in [0.15, 0.2) is 11.9 Å². The van der Waals surface area contributed by atoms with E-state index in [0.29, 0.717) is 19.5 Å². The number of carbonyl (C=O) groups excluding carboxylic acids is 2. The number of Topliss-reactive ketones (excluding diaryl/α,β-unsaturated/α-hetero) is 1. The van der Waals surface area contributed by atoms with Crippen molar-refractivity contribution in [3.8, 4) is 0 Å². The lowest BCUT2D eigenvalue weighted by Gasteiger charge is -2.15. The van der Waals surface area contributed by atoms with Gasteiger partial charge in [0.05, 0.1) is 5.92 Å². The zero-order chi connectivity index (χ0) is 17.7. The molecule has 8 nitrogen and oxygen atoms in total. The first-order chi connectivity index (χ1) is 10.9. The van der Waals surface area contributed by atoms with Gasteiger partial charge in [-0.1, -0.05) is 19.8 Å². The topological polar surface area (TPSA) is 158 Å². The number of unbranched alkanes of at least 4 members (excludes halogenated alkanes) is 2. The second-order valence-corrected chi connectivity index (χ2v) is 5.72. The van der Waals surface area contributed by atoms with Gasteiger partial charge in [-0.2, -0.15) is 0 Å². The van der Waals surface area contributed by atoms with E-state index in [9.17, 15) is 9.59 Å². The summed E-state index contributed by atoms with van der Waals surface area (Å²) in [6.45, 7) is 3.05. The zero-order valence-corrected chi connectivity index (χ0v) is 13.9. The van der Waals surface area contributed by atoms with E-state index in [4.69, 9.17) is 22.3 Å². The third-order valence-electron chi connectivity index (χ3n) is 3.65. The van der Waals surface area contributed by atoms with Crippen LogP contribution in [0.15, 0.2) is 0 Å². The largest absolute Gasteiger partial charge is 0.370 e. The SMILES string of the molecule is CC(CCCCNC(=N)N)C(=O)C(C=O)CCCCNC(=N)N. The fraction of sp³-hybridized carbons (Fsp3) is 0.733. The minimum absolute atomic E-state index is 0.000876. The van der Waals surface area contributed by atoms with Crippen LogP contribution < -0.4 is 22.1 Å². The number of hydrogen-bond donors (Lipinski definition) is 6. The quantitative estimate of drug-likeness (QED) is 0.0939. The van der Waals surface area contributed by atoms with Crippen LogP contribution in [0, 0.1) is 22.7 Å². The molecule has 0 aromatic carbocycles. The van der Waals surface area contributed by atoms with Crippen molar-refractivity contribution < 1.29 is 9.59 Å². The number of rotatable bonds is 13. The first-order valence-electron chi connectivity index (χ1n) is 8.03. The fourth-order valence-electron chi connectivity index (χ4n) is 2.30. The highest BCUT2D eigenvalue weighted by atomic mass is 16.1. The minimum atomic E-state index is -0.544. The Balaban J connectivity index is 3.94. The number of aldehydes is 1. The van der Waals surface area contributed by atoms with Gasteiger partial charge in [-0.15, -0.1) is 0 Å². The molecule has 0 spiro atoms. The number of hydrogen-bond acceptors (Lipinski definition) is 4. The molecule has 8 heteroatoms. The van der Waals surface area contributed by atoms with E-state index in [1.54, 1.807) is 0 Å². The number of nitrogens with one attached hydrogen (secondary N) is 4. The second kappa shape index (κ2) is 12.4. The van der Waals surface area contributed by atoms with Crippen LogP contribution in [-0.4, -0.2) is 37.1 Å². The number of nitrogens with two attached hydrogens (primary N) is 2. The van der Waals surface area contributed by atoms with E-state index in [0.717, 1.165) is 38.4 Å². The van der Waals surface area contributed by atoms with Crippen LogP contribution in [0.2, 0.25) is 0 Å². The van der Waals surface area contributed by atoms with E-state index in [1.807, 2.05) is 6.92 Å². The molecule has 0 rings (SSSR count). The molecule has 8 N–H and O–H groups in total. The predicted molar refractivity (Wildman–Crippen MR) is 91.3 cm³/mol. The van der Waals surface area contributed by atoms with Crippen molar-refractivity contribution in [2.45, 2.75) is 45.4 Å². The van der Waals surface area contributed by atoms with E-state index in [-0.39, 0.29) is 23.6 Å². The fourth-order valence-corrected chi connectivity index (χ4v) is 2.30. The average Bonchev–Trinajstić information content (AvgIpc) is 2.49. The van der Waals surface area contributed by atoms with Crippen molar-refractivity contribution in [1.29, 1.82) is 10.8 Å². The van der Waals surface area contributed by atoms with Gasteiger partial charge >= 0.3 is 0 Å². The summed E-state index contributed by atoms with van der Waals surface area (Å²) in [5.74, 6) is -0.801. The van der Waals surface area contributed by atoms with Crippen molar-refractivity contribution in [3.63, 3.8) is 0 Å². The maximum Gasteiger partial charge on any atom is 0.185 e. The molecular formula is C15H30N6O2. The van der Waals surface area contributed by atoms with Crippen LogP contribution >= 0.6 is 0 Å². The van der Waals surface area contributed by atoms with Gasteiger partial charge in [0.2, 0.25) is 0 Å². The molecule has 0 aromatic heterocycles. The lowest BCUT2D eigenvalue weighted by molar-refractivity contribution is -0.130. The van der Waals surface area contributed by atoms with Crippen molar-refractivity contribution >= 4 is 24.0 Å². The van der Waals surface area contributed by atoms with Gasteiger partial charge in [-0.25, -0.2) is 0 Å². The van der Waals surface area contributed by atoms with E-state index >= 15 is 0 Å². The van der Waals surface area contributed by atoms with Crippen LogP contribution in [0.1, 0.15) is 45.4 Å². The molecule has 0 radical (unpaired) electrons. The molecule has 0 aliphatic carbocycles. The molecule has 0 amide bonds. The smallest absolute Gasteiger partial charge is 0.185 e. The molecule has 0 saturated heterocycles. The summed E-state index contributed by atoms with van der Waals surface area (Å²) in [5, 5.41) is 19.5. The molecule has 2 unspecified atom stereocenters. The Bertz CT molecular complexity index is 399. The molecular weight excluding hydrogens is 296 g/mol. The first-order valence-corrected chi connectivity index (χ1v) is 8.03. The van der Waals surface area contributed by atoms with E-state index in [2.05, 4.69) is 10.6 Å². The van der Waals surface area contributed by atoms with Crippen LogP contribution in [0.3, 0.4) is 0 Å². The summed E-state index contributed by atoms with van der Waals surface area (Å²) < 4.78 is 0. The van der Waals surface area contributed by atoms with Gasteiger partial charge in [0, 0.05) is 19.0 Å². The Kier molecular flexibility index (Phi) is 11.3. The zero-order valence-electron chi connectivity index (χ0n) is 13.9. The van der Waals surface area contributed by atoms with Crippen molar-refractivity contribution in [2.24, 2.45) is 23.3 Å². The van der Waals surface area contributed by atoms with Crippen LogP contribution in [0.25, 0.3) is 0 Å². The van der Waals surface area contributed by atoms with Gasteiger partial charge in [-0.3, -0.25) is 15.6 Å². The summed E-state index contributed by atoms with van der Waals surface area (Å²) in [6, 6.07) is 0. The Morgan fingerprint density at radius 1 is 1.00 bits per heavy atom. The molecule has 0 heterocycles. The van der Waals surface area contributed by atoms with Crippen LogP contribution in [0.5, 0.6) is 0 Å². The highest BCUT2D eigenvalue weighted by Crippen LogP contribution is 2.17. The highest BCUT2D eigenvalue weighted by molar-refractivity contribution is 5.94. The molecule has 0 aliphatic rings. The minimum Gasteiger partial charge on any atom is -0.370 e. The number of carbonyl (C=O) groups is 2. The number of guanidine groups is 2. The van der Waals surface area contributed by atoms with E-state index < -0.39 is 5.92 Å². The van der Waals surface area contributed by atoms with Crippen LogP contribution in [-0.2, 0) is 9.59 Å². The van der Waals surface area contributed by atoms with Gasteiger partial charge in [0.25, 0.3) is 0 Å². The molecule has 0 fully saturated rings. The van der Waals surface area contributed by atoms with Crippen molar-refractivity contribution in [3.05, 3.63) is 0 Å². The van der Waals surface area contributed by atoms with Crippen molar-refractivity contribution in [2.75, 3.05) is 13.1 Å². The van der Waals surface area contributed by atoms with E-state index in [1.165, 1.54) is 0 Å². The van der Waals surface area contributed by atoms with Crippen molar-refractivity contribution in [1.82, 2.24) is 10.6 Å². The standard InChI is InChI=1S/C15H30N6O2/c1-11(6-2-4-8-20-14(16)17)13(23)12(10-22)7-3-5-9-21-15(18)19/h10-12H,2-9H2,1H3,(H4,16,17,20)(H4,18,19,21).